The molecule has 0 saturated carbocycles. The molecule has 156 valence electrons. The van der Waals surface area contributed by atoms with Gasteiger partial charge in [0.05, 0.1) is 11.3 Å². The predicted molar refractivity (Wildman–Crippen MR) is 125 cm³/mol. The number of ether oxygens (including phenoxy) is 1. The summed E-state index contributed by atoms with van der Waals surface area (Å²) in [6.45, 7) is 6.42. The summed E-state index contributed by atoms with van der Waals surface area (Å²) >= 11 is 1.49. The van der Waals surface area contributed by atoms with Crippen LogP contribution in [0.1, 0.15) is 36.7 Å². The number of carbonyl (C=O) groups is 1. The van der Waals surface area contributed by atoms with E-state index in [4.69, 9.17) is 4.74 Å². The van der Waals surface area contributed by atoms with Gasteiger partial charge in [-0.25, -0.2) is 9.78 Å². The Bertz CT molecular complexity index is 1180. The molecule has 31 heavy (non-hydrogen) atoms. The van der Waals surface area contributed by atoms with E-state index in [1.54, 1.807) is 30.5 Å². The minimum Gasteiger partial charge on any atom is -0.423 e. The quantitative estimate of drug-likeness (QED) is 0.291. The van der Waals surface area contributed by atoms with Gasteiger partial charge in [-0.05, 0) is 47.4 Å². The molecular formula is C25H23N3O2S. The zero-order valence-corrected chi connectivity index (χ0v) is 18.4. The van der Waals surface area contributed by atoms with E-state index in [0.717, 1.165) is 22.2 Å². The molecule has 1 N–H and O–H groups in total. The summed E-state index contributed by atoms with van der Waals surface area (Å²) in [5.41, 5.74) is 4.15. The SMILES string of the molecule is CC(C)(C)c1ccc(C(=O)Oc2cccc(Nc3nc(-c4ccccn4)cs3)c2)cc1. The van der Waals surface area contributed by atoms with Gasteiger partial charge in [-0.15, -0.1) is 11.3 Å². The molecule has 2 heterocycles. The molecule has 4 rings (SSSR count). The lowest BCUT2D eigenvalue weighted by Gasteiger charge is -2.18. The van der Waals surface area contributed by atoms with E-state index in [1.165, 1.54) is 16.9 Å². The number of aromatic nitrogens is 2. The van der Waals surface area contributed by atoms with Gasteiger partial charge in [-0.2, -0.15) is 0 Å². The number of nitrogens with one attached hydrogen (secondary N) is 1. The van der Waals surface area contributed by atoms with Gasteiger partial charge < -0.3 is 10.1 Å². The van der Waals surface area contributed by atoms with Crippen molar-refractivity contribution < 1.29 is 9.53 Å². The molecule has 0 spiro atoms. The maximum Gasteiger partial charge on any atom is 0.343 e. The highest BCUT2D eigenvalue weighted by Crippen LogP contribution is 2.28. The van der Waals surface area contributed by atoms with Crippen molar-refractivity contribution in [3.8, 4) is 17.1 Å². The van der Waals surface area contributed by atoms with Crippen molar-refractivity contribution in [3.05, 3.63) is 89.4 Å². The van der Waals surface area contributed by atoms with Crippen molar-refractivity contribution >= 4 is 28.1 Å². The van der Waals surface area contributed by atoms with Gasteiger partial charge in [0.25, 0.3) is 0 Å². The molecule has 0 aliphatic heterocycles. The smallest absolute Gasteiger partial charge is 0.343 e. The Hall–Kier alpha value is -3.51. The second-order valence-electron chi connectivity index (χ2n) is 8.12. The Morgan fingerprint density at radius 1 is 0.968 bits per heavy atom. The molecular weight excluding hydrogens is 406 g/mol. The molecule has 4 aromatic rings. The zero-order chi connectivity index (χ0) is 21.8. The van der Waals surface area contributed by atoms with Gasteiger partial charge in [-0.1, -0.05) is 45.0 Å². The summed E-state index contributed by atoms with van der Waals surface area (Å²) in [4.78, 5) is 21.4. The Kier molecular flexibility index (Phi) is 5.82. The van der Waals surface area contributed by atoms with Gasteiger partial charge >= 0.3 is 5.97 Å². The first-order valence-electron chi connectivity index (χ1n) is 9.95. The van der Waals surface area contributed by atoms with Crippen molar-refractivity contribution in [2.24, 2.45) is 0 Å². The summed E-state index contributed by atoms with van der Waals surface area (Å²) < 4.78 is 5.57. The summed E-state index contributed by atoms with van der Waals surface area (Å²) in [7, 11) is 0. The number of carbonyl (C=O) groups excluding carboxylic acids is 1. The third kappa shape index (κ3) is 5.16. The number of hydrogen-bond donors (Lipinski definition) is 1. The van der Waals surface area contributed by atoms with Crippen molar-refractivity contribution in [3.63, 3.8) is 0 Å². The zero-order valence-electron chi connectivity index (χ0n) is 17.6. The first-order chi connectivity index (χ1) is 14.9. The van der Waals surface area contributed by atoms with Gasteiger partial charge in [0, 0.05) is 23.3 Å². The molecule has 5 nitrogen and oxygen atoms in total. The number of hydrogen-bond acceptors (Lipinski definition) is 6. The van der Waals surface area contributed by atoms with Crippen LogP contribution < -0.4 is 10.1 Å². The Labute approximate surface area is 185 Å². The topological polar surface area (TPSA) is 64.1 Å². The number of nitrogens with zero attached hydrogens (tertiary/aromatic N) is 2. The van der Waals surface area contributed by atoms with Crippen molar-refractivity contribution in [2.75, 3.05) is 5.32 Å². The molecule has 0 radical (unpaired) electrons. The number of rotatable bonds is 5. The standard InChI is InChI=1S/C25H23N3O2S/c1-25(2,3)18-12-10-17(11-13-18)23(29)30-20-8-6-7-19(15-20)27-24-28-22(16-31-24)21-9-4-5-14-26-21/h4-16H,1-3H3,(H,27,28). The average Bonchev–Trinajstić information content (AvgIpc) is 3.22. The monoisotopic (exact) mass is 429 g/mol. The molecule has 0 aliphatic rings. The molecule has 6 heteroatoms. The first kappa shape index (κ1) is 20.8. The molecule has 0 bridgehead atoms. The Morgan fingerprint density at radius 2 is 1.77 bits per heavy atom. The van der Waals surface area contributed by atoms with Crippen LogP contribution in [0.25, 0.3) is 11.4 Å². The fraction of sp³-hybridized carbons (Fsp3) is 0.160. The first-order valence-corrected chi connectivity index (χ1v) is 10.8. The largest absolute Gasteiger partial charge is 0.423 e. The summed E-state index contributed by atoms with van der Waals surface area (Å²) in [5.74, 6) is 0.0840. The van der Waals surface area contributed by atoms with Crippen LogP contribution in [0.5, 0.6) is 5.75 Å². The van der Waals surface area contributed by atoms with Gasteiger partial charge in [0.2, 0.25) is 0 Å². The van der Waals surface area contributed by atoms with E-state index in [-0.39, 0.29) is 11.4 Å². The van der Waals surface area contributed by atoms with E-state index in [0.29, 0.717) is 11.3 Å². The normalized spacial score (nSPS) is 11.2. The molecule has 0 fully saturated rings. The van der Waals surface area contributed by atoms with E-state index in [2.05, 4.69) is 36.1 Å². The van der Waals surface area contributed by atoms with E-state index < -0.39 is 0 Å². The van der Waals surface area contributed by atoms with Crippen molar-refractivity contribution in [1.29, 1.82) is 0 Å². The molecule has 0 aliphatic carbocycles. The number of pyridine rings is 1. The van der Waals surface area contributed by atoms with Crippen LogP contribution in [-0.2, 0) is 5.41 Å². The lowest BCUT2D eigenvalue weighted by atomic mass is 9.87. The lowest BCUT2D eigenvalue weighted by molar-refractivity contribution is 0.0735. The molecule has 0 atom stereocenters. The van der Waals surface area contributed by atoms with Crippen molar-refractivity contribution in [2.45, 2.75) is 26.2 Å². The molecule has 0 amide bonds. The minimum absolute atomic E-state index is 0.0364. The number of esters is 1. The van der Waals surface area contributed by atoms with Gasteiger partial charge in [0.1, 0.15) is 11.4 Å². The van der Waals surface area contributed by atoms with Crippen LogP contribution in [0.4, 0.5) is 10.8 Å². The molecule has 2 aromatic carbocycles. The van der Waals surface area contributed by atoms with Crippen LogP contribution in [0, 0.1) is 0 Å². The summed E-state index contributed by atoms with van der Waals surface area (Å²) in [5, 5.41) is 5.95. The van der Waals surface area contributed by atoms with Crippen LogP contribution in [0.2, 0.25) is 0 Å². The maximum absolute atomic E-state index is 12.5. The third-order valence-corrected chi connectivity index (χ3v) is 5.47. The maximum atomic E-state index is 12.5. The molecule has 0 unspecified atom stereocenters. The highest BCUT2D eigenvalue weighted by Gasteiger charge is 2.15. The van der Waals surface area contributed by atoms with Gasteiger partial charge in [0.15, 0.2) is 5.13 Å². The van der Waals surface area contributed by atoms with Crippen molar-refractivity contribution in [1.82, 2.24) is 9.97 Å². The van der Waals surface area contributed by atoms with Crippen LogP contribution >= 0.6 is 11.3 Å². The predicted octanol–water partition coefficient (Wildman–Crippen LogP) is 6.47. The minimum atomic E-state index is -0.385. The number of benzene rings is 2. The average molecular weight is 430 g/mol. The summed E-state index contributed by atoms with van der Waals surface area (Å²) in [6, 6.07) is 20.6. The second kappa shape index (κ2) is 8.70. The van der Waals surface area contributed by atoms with E-state index in [9.17, 15) is 4.79 Å². The molecule has 2 aromatic heterocycles. The summed E-state index contributed by atoms with van der Waals surface area (Å²) in [6.07, 6.45) is 1.75. The Balaban J connectivity index is 1.44. The highest BCUT2D eigenvalue weighted by molar-refractivity contribution is 7.14. The van der Waals surface area contributed by atoms with Crippen LogP contribution in [-0.4, -0.2) is 15.9 Å². The second-order valence-corrected chi connectivity index (χ2v) is 8.98. The fourth-order valence-corrected chi connectivity index (χ4v) is 3.72. The van der Waals surface area contributed by atoms with Crippen LogP contribution in [0.15, 0.2) is 78.3 Å². The highest BCUT2D eigenvalue weighted by atomic mass is 32.1. The van der Waals surface area contributed by atoms with E-state index >= 15 is 0 Å². The Morgan fingerprint density at radius 3 is 2.48 bits per heavy atom. The third-order valence-electron chi connectivity index (χ3n) is 4.71. The lowest BCUT2D eigenvalue weighted by Crippen LogP contribution is -2.13. The van der Waals surface area contributed by atoms with Crippen LogP contribution in [0.3, 0.4) is 0 Å². The van der Waals surface area contributed by atoms with Gasteiger partial charge in [-0.3, -0.25) is 4.98 Å². The number of anilines is 2. The number of thiazole rings is 1. The van der Waals surface area contributed by atoms with E-state index in [1.807, 2.05) is 47.8 Å². The fourth-order valence-electron chi connectivity index (χ4n) is 3.00. The molecule has 0 saturated heterocycles.